The summed E-state index contributed by atoms with van der Waals surface area (Å²) in [6.07, 6.45) is 5.74. The molecule has 6 heteroatoms. The van der Waals surface area contributed by atoms with Gasteiger partial charge in [-0.2, -0.15) is 4.98 Å². The third-order valence-corrected chi connectivity index (χ3v) is 3.34. The van der Waals surface area contributed by atoms with Gasteiger partial charge in [-0.1, -0.05) is 19.4 Å². The van der Waals surface area contributed by atoms with Crippen molar-refractivity contribution in [3.63, 3.8) is 0 Å². The van der Waals surface area contributed by atoms with Gasteiger partial charge in [0, 0.05) is 12.7 Å². The Bertz CT molecular complexity index is 623. The minimum atomic E-state index is 0.518. The molecule has 0 saturated heterocycles. The summed E-state index contributed by atoms with van der Waals surface area (Å²) in [4.78, 5) is 12.9. The predicted molar refractivity (Wildman–Crippen MR) is 82.3 cm³/mol. The van der Waals surface area contributed by atoms with Crippen LogP contribution >= 0.6 is 12.2 Å². The number of aryl methyl sites for hydroxylation is 1. The lowest BCUT2D eigenvalue weighted by atomic mass is 10.2. The summed E-state index contributed by atoms with van der Waals surface area (Å²) in [5.41, 5.74) is 2.12. The molecule has 0 amide bonds. The molecule has 2 aromatic rings. The highest BCUT2D eigenvalue weighted by Crippen LogP contribution is 2.06. The van der Waals surface area contributed by atoms with Crippen LogP contribution in [0.25, 0.3) is 0 Å². The van der Waals surface area contributed by atoms with Gasteiger partial charge < -0.3 is 9.88 Å². The molecule has 2 aromatic heterocycles. The molecule has 0 aliphatic rings. The van der Waals surface area contributed by atoms with Gasteiger partial charge in [-0.05, 0) is 37.2 Å². The molecular formula is C14H19N5S. The van der Waals surface area contributed by atoms with Crippen molar-refractivity contribution in [1.82, 2.24) is 19.5 Å². The van der Waals surface area contributed by atoms with Gasteiger partial charge >= 0.3 is 0 Å². The molecule has 0 bridgehead atoms. The number of aromatic nitrogens is 4. The zero-order valence-corrected chi connectivity index (χ0v) is 12.7. The number of nitrogens with zero attached hydrogens (tertiary/aromatic N) is 4. The minimum Gasteiger partial charge on any atom is -0.354 e. The van der Waals surface area contributed by atoms with Gasteiger partial charge in [-0.3, -0.25) is 4.98 Å². The maximum atomic E-state index is 5.30. The van der Waals surface area contributed by atoms with E-state index in [-0.39, 0.29) is 0 Å². The van der Waals surface area contributed by atoms with Gasteiger partial charge in [0.2, 0.25) is 10.7 Å². The Morgan fingerprint density at radius 2 is 2.20 bits per heavy atom. The van der Waals surface area contributed by atoms with Crippen LogP contribution in [0.15, 0.2) is 24.7 Å². The quantitative estimate of drug-likeness (QED) is 0.654. The molecule has 2 rings (SSSR count). The van der Waals surface area contributed by atoms with E-state index in [1.165, 1.54) is 0 Å². The zero-order chi connectivity index (χ0) is 14.4. The van der Waals surface area contributed by atoms with Gasteiger partial charge in [0.05, 0.1) is 12.2 Å². The van der Waals surface area contributed by atoms with Crippen LogP contribution in [0.3, 0.4) is 0 Å². The van der Waals surface area contributed by atoms with Gasteiger partial charge in [-0.15, -0.1) is 0 Å². The molecule has 0 aliphatic heterocycles. The second-order valence-electron chi connectivity index (χ2n) is 4.64. The van der Waals surface area contributed by atoms with Crippen molar-refractivity contribution in [2.75, 3.05) is 11.9 Å². The SMILES string of the molecule is CCCCNc1ncn(Cc2ncccc2C)c(=S)n1. The first-order valence-electron chi connectivity index (χ1n) is 6.78. The molecule has 5 nitrogen and oxygen atoms in total. The van der Waals surface area contributed by atoms with Crippen molar-refractivity contribution in [1.29, 1.82) is 0 Å². The van der Waals surface area contributed by atoms with Crippen LogP contribution in [0.1, 0.15) is 31.0 Å². The predicted octanol–water partition coefficient (Wildman–Crippen LogP) is 2.97. The Labute approximate surface area is 124 Å². The van der Waals surface area contributed by atoms with E-state index in [1.54, 1.807) is 12.5 Å². The van der Waals surface area contributed by atoms with Crippen LogP contribution in [-0.4, -0.2) is 26.1 Å². The van der Waals surface area contributed by atoms with Crippen molar-refractivity contribution >= 4 is 18.2 Å². The molecule has 1 N–H and O–H groups in total. The topological polar surface area (TPSA) is 55.6 Å². The molecule has 2 heterocycles. The first kappa shape index (κ1) is 14.6. The van der Waals surface area contributed by atoms with Crippen molar-refractivity contribution in [2.24, 2.45) is 0 Å². The maximum absolute atomic E-state index is 5.30. The number of rotatable bonds is 6. The lowest BCUT2D eigenvalue weighted by Crippen LogP contribution is -2.11. The van der Waals surface area contributed by atoms with Gasteiger partial charge in [0.15, 0.2) is 0 Å². The van der Waals surface area contributed by atoms with Crippen LogP contribution in [0.5, 0.6) is 0 Å². The van der Waals surface area contributed by atoms with E-state index >= 15 is 0 Å². The number of pyridine rings is 1. The van der Waals surface area contributed by atoms with E-state index in [2.05, 4.69) is 27.2 Å². The highest BCUT2D eigenvalue weighted by Gasteiger charge is 2.03. The van der Waals surface area contributed by atoms with E-state index in [0.29, 0.717) is 17.3 Å². The summed E-state index contributed by atoms with van der Waals surface area (Å²) in [5, 5.41) is 3.17. The number of unbranched alkanes of at least 4 members (excludes halogenated alkanes) is 1. The molecule has 0 fully saturated rings. The Morgan fingerprint density at radius 3 is 2.90 bits per heavy atom. The molecule has 0 spiro atoms. The smallest absolute Gasteiger partial charge is 0.226 e. The van der Waals surface area contributed by atoms with Gasteiger partial charge in [0.25, 0.3) is 0 Å². The first-order valence-corrected chi connectivity index (χ1v) is 7.19. The fraction of sp³-hybridized carbons (Fsp3) is 0.429. The summed E-state index contributed by atoms with van der Waals surface area (Å²) >= 11 is 5.30. The van der Waals surface area contributed by atoms with E-state index in [9.17, 15) is 0 Å². The largest absolute Gasteiger partial charge is 0.354 e. The Hall–Kier alpha value is -1.82. The fourth-order valence-corrected chi connectivity index (χ4v) is 1.97. The molecule has 106 valence electrons. The maximum Gasteiger partial charge on any atom is 0.226 e. The van der Waals surface area contributed by atoms with Crippen LogP contribution in [0, 0.1) is 11.7 Å². The van der Waals surface area contributed by atoms with Crippen LogP contribution in [0.4, 0.5) is 5.95 Å². The normalized spacial score (nSPS) is 10.5. The lowest BCUT2D eigenvalue weighted by molar-refractivity contribution is 0.702. The molecule has 0 saturated carbocycles. The first-order chi connectivity index (χ1) is 9.70. The highest BCUT2D eigenvalue weighted by atomic mass is 32.1. The van der Waals surface area contributed by atoms with Crippen molar-refractivity contribution in [3.05, 3.63) is 40.7 Å². The van der Waals surface area contributed by atoms with Gasteiger partial charge in [-0.25, -0.2) is 4.98 Å². The lowest BCUT2D eigenvalue weighted by Gasteiger charge is -2.09. The zero-order valence-electron chi connectivity index (χ0n) is 11.8. The second kappa shape index (κ2) is 7.09. The number of anilines is 1. The average molecular weight is 289 g/mol. The summed E-state index contributed by atoms with van der Waals surface area (Å²) in [6.45, 7) is 5.65. The average Bonchev–Trinajstić information content (AvgIpc) is 2.44. The molecule has 0 unspecified atom stereocenters. The van der Waals surface area contributed by atoms with E-state index < -0.39 is 0 Å². The highest BCUT2D eigenvalue weighted by molar-refractivity contribution is 7.71. The summed E-state index contributed by atoms with van der Waals surface area (Å²) < 4.78 is 2.35. The summed E-state index contributed by atoms with van der Waals surface area (Å²) in [7, 11) is 0. The second-order valence-corrected chi connectivity index (χ2v) is 5.00. The van der Waals surface area contributed by atoms with Gasteiger partial charge in [0.1, 0.15) is 6.33 Å². The number of nitrogens with one attached hydrogen (secondary N) is 1. The molecular weight excluding hydrogens is 270 g/mol. The van der Waals surface area contributed by atoms with Crippen molar-refractivity contribution in [3.8, 4) is 0 Å². The Balaban J connectivity index is 2.10. The number of hydrogen-bond acceptors (Lipinski definition) is 5. The summed E-state index contributed by atoms with van der Waals surface area (Å²) in [6, 6.07) is 3.96. The van der Waals surface area contributed by atoms with Crippen molar-refractivity contribution < 1.29 is 0 Å². The van der Waals surface area contributed by atoms with E-state index in [4.69, 9.17) is 12.2 Å². The van der Waals surface area contributed by atoms with E-state index in [0.717, 1.165) is 30.6 Å². The Kier molecular flexibility index (Phi) is 5.17. The molecule has 0 aliphatic carbocycles. The van der Waals surface area contributed by atoms with Crippen molar-refractivity contribution in [2.45, 2.75) is 33.2 Å². The molecule has 20 heavy (non-hydrogen) atoms. The minimum absolute atomic E-state index is 0.518. The monoisotopic (exact) mass is 289 g/mol. The third kappa shape index (κ3) is 3.84. The molecule has 0 radical (unpaired) electrons. The molecule has 0 aromatic carbocycles. The standard InChI is InChI=1S/C14H19N5S/c1-3-4-7-16-13-17-10-19(14(20)18-13)9-12-11(2)6-5-8-15-12/h5-6,8,10H,3-4,7,9H2,1-2H3,(H,16,18,20). The summed E-state index contributed by atoms with van der Waals surface area (Å²) in [5.74, 6) is 0.595. The molecule has 0 atom stereocenters. The fourth-order valence-electron chi connectivity index (χ4n) is 1.77. The van der Waals surface area contributed by atoms with Crippen LogP contribution in [-0.2, 0) is 6.54 Å². The third-order valence-electron chi connectivity index (χ3n) is 3.02. The number of hydrogen-bond donors (Lipinski definition) is 1. The van der Waals surface area contributed by atoms with E-state index in [1.807, 2.05) is 23.6 Å². The van der Waals surface area contributed by atoms with Crippen LogP contribution < -0.4 is 5.32 Å². The van der Waals surface area contributed by atoms with Crippen LogP contribution in [0.2, 0.25) is 0 Å². The Morgan fingerprint density at radius 1 is 1.35 bits per heavy atom.